The van der Waals surface area contributed by atoms with Gasteiger partial charge in [0.2, 0.25) is 0 Å². The fraction of sp³-hybridized carbons (Fsp3) is 0.929. The van der Waals surface area contributed by atoms with Crippen molar-refractivity contribution in [2.45, 2.75) is 239 Å². The van der Waals surface area contributed by atoms with E-state index in [0.717, 1.165) is 57.8 Å². The molecule has 6 heteroatoms. The minimum Gasteiger partial charge on any atom is -0.462 e. The molecule has 0 fully saturated rings. The molecular formula is C42H80O6. The Morgan fingerprint density at radius 1 is 0.333 bits per heavy atom. The molecule has 284 valence electrons. The number of carbonyl (C=O) groups excluding carboxylic acids is 3. The molecule has 1 unspecified atom stereocenters. The summed E-state index contributed by atoms with van der Waals surface area (Å²) in [5, 5.41) is 0. The van der Waals surface area contributed by atoms with E-state index in [9.17, 15) is 14.4 Å². The molecular weight excluding hydrogens is 600 g/mol. The summed E-state index contributed by atoms with van der Waals surface area (Å²) in [5.41, 5.74) is 0. The summed E-state index contributed by atoms with van der Waals surface area (Å²) in [6.45, 7) is 6.56. The second kappa shape index (κ2) is 38.2. The molecule has 48 heavy (non-hydrogen) atoms. The molecule has 0 N–H and O–H groups in total. The lowest BCUT2D eigenvalue weighted by Crippen LogP contribution is -2.30. The van der Waals surface area contributed by atoms with Crippen LogP contribution in [0.3, 0.4) is 0 Å². The summed E-state index contributed by atoms with van der Waals surface area (Å²) in [6, 6.07) is 0. The molecule has 0 heterocycles. The van der Waals surface area contributed by atoms with E-state index in [2.05, 4.69) is 20.8 Å². The van der Waals surface area contributed by atoms with E-state index in [4.69, 9.17) is 14.2 Å². The fourth-order valence-electron chi connectivity index (χ4n) is 6.15. The Labute approximate surface area is 298 Å². The van der Waals surface area contributed by atoms with E-state index in [0.29, 0.717) is 19.3 Å². The summed E-state index contributed by atoms with van der Waals surface area (Å²) < 4.78 is 16.6. The fourth-order valence-corrected chi connectivity index (χ4v) is 6.15. The summed E-state index contributed by atoms with van der Waals surface area (Å²) in [6.07, 6.45) is 36.8. The minimum atomic E-state index is -0.755. The van der Waals surface area contributed by atoms with Gasteiger partial charge >= 0.3 is 17.9 Å². The van der Waals surface area contributed by atoms with Gasteiger partial charge in [-0.15, -0.1) is 0 Å². The molecule has 0 aromatic rings. The van der Waals surface area contributed by atoms with Crippen molar-refractivity contribution in [3.8, 4) is 0 Å². The van der Waals surface area contributed by atoms with Crippen LogP contribution in [0.2, 0.25) is 0 Å². The number of ether oxygens (including phenoxy) is 3. The molecule has 0 aromatic carbocycles. The predicted molar refractivity (Wildman–Crippen MR) is 201 cm³/mol. The van der Waals surface area contributed by atoms with E-state index >= 15 is 0 Å². The summed E-state index contributed by atoms with van der Waals surface area (Å²) in [5.74, 6) is -0.869. The number of hydrogen-bond donors (Lipinski definition) is 0. The second-order valence-electron chi connectivity index (χ2n) is 14.3. The number of carbonyl (C=O) groups is 3. The van der Waals surface area contributed by atoms with Crippen molar-refractivity contribution in [1.82, 2.24) is 0 Å². The van der Waals surface area contributed by atoms with Gasteiger partial charge in [-0.2, -0.15) is 0 Å². The van der Waals surface area contributed by atoms with Crippen LogP contribution in [0.4, 0.5) is 0 Å². The SMILES string of the molecule is CCCCCCCCCCCCCCCCCC(=O)OCC(COC(=O)CCCCCCCC)OC(=O)CCCCCCCCCCC. The topological polar surface area (TPSA) is 78.9 Å². The summed E-state index contributed by atoms with van der Waals surface area (Å²) in [7, 11) is 0. The Morgan fingerprint density at radius 3 is 0.833 bits per heavy atom. The van der Waals surface area contributed by atoms with Gasteiger partial charge in [0.1, 0.15) is 13.2 Å². The van der Waals surface area contributed by atoms with Gasteiger partial charge in [0.05, 0.1) is 0 Å². The lowest BCUT2D eigenvalue weighted by Gasteiger charge is -2.18. The third-order valence-corrected chi connectivity index (χ3v) is 9.36. The molecule has 0 radical (unpaired) electrons. The van der Waals surface area contributed by atoms with Gasteiger partial charge in [-0.1, -0.05) is 194 Å². The zero-order chi connectivity index (χ0) is 35.2. The lowest BCUT2D eigenvalue weighted by atomic mass is 10.0. The first kappa shape index (κ1) is 46.4. The van der Waals surface area contributed by atoms with Crippen molar-refractivity contribution in [3.63, 3.8) is 0 Å². The van der Waals surface area contributed by atoms with Crippen LogP contribution in [-0.2, 0) is 28.6 Å². The number of hydrogen-bond acceptors (Lipinski definition) is 6. The van der Waals surface area contributed by atoms with Crippen LogP contribution in [0.15, 0.2) is 0 Å². The molecule has 0 aliphatic carbocycles. The molecule has 0 spiro atoms. The number of rotatable bonds is 38. The van der Waals surface area contributed by atoms with E-state index in [1.807, 2.05) is 0 Å². The molecule has 0 rings (SSSR count). The van der Waals surface area contributed by atoms with Crippen LogP contribution in [0, 0.1) is 0 Å². The first-order chi connectivity index (χ1) is 23.5. The van der Waals surface area contributed by atoms with E-state index in [1.54, 1.807) is 0 Å². The molecule has 0 aliphatic heterocycles. The predicted octanol–water partition coefficient (Wildman–Crippen LogP) is 12.9. The van der Waals surface area contributed by atoms with Crippen molar-refractivity contribution >= 4 is 17.9 Å². The molecule has 6 nitrogen and oxygen atoms in total. The van der Waals surface area contributed by atoms with Gasteiger partial charge in [0.25, 0.3) is 0 Å². The van der Waals surface area contributed by atoms with Crippen molar-refractivity contribution in [1.29, 1.82) is 0 Å². The van der Waals surface area contributed by atoms with E-state index in [1.165, 1.54) is 135 Å². The van der Waals surface area contributed by atoms with Crippen LogP contribution >= 0.6 is 0 Å². The van der Waals surface area contributed by atoms with Crippen LogP contribution < -0.4 is 0 Å². The average molecular weight is 681 g/mol. The highest BCUT2D eigenvalue weighted by atomic mass is 16.6. The maximum Gasteiger partial charge on any atom is 0.306 e. The number of esters is 3. The van der Waals surface area contributed by atoms with Crippen LogP contribution in [0.5, 0.6) is 0 Å². The largest absolute Gasteiger partial charge is 0.462 e. The standard InChI is InChI=1S/C42H80O6/c1-4-7-10-13-16-18-19-20-21-22-23-25-26-29-32-35-41(44)47-38-39(37-46-40(43)34-31-28-15-12-9-6-3)48-42(45)36-33-30-27-24-17-14-11-8-5-2/h39H,4-38H2,1-3H3. The molecule has 0 aromatic heterocycles. The third kappa shape index (κ3) is 35.7. The Hall–Kier alpha value is -1.59. The van der Waals surface area contributed by atoms with Gasteiger partial charge in [-0.3, -0.25) is 14.4 Å². The Bertz CT molecular complexity index is 708. The van der Waals surface area contributed by atoms with Gasteiger partial charge in [-0.05, 0) is 19.3 Å². The summed E-state index contributed by atoms with van der Waals surface area (Å²) in [4.78, 5) is 37.3. The Morgan fingerprint density at radius 2 is 0.562 bits per heavy atom. The van der Waals surface area contributed by atoms with Gasteiger partial charge in [0, 0.05) is 19.3 Å². The molecule has 1 atom stereocenters. The van der Waals surface area contributed by atoms with E-state index in [-0.39, 0.29) is 31.1 Å². The zero-order valence-corrected chi connectivity index (χ0v) is 32.3. The molecule has 0 aliphatic rings. The zero-order valence-electron chi connectivity index (χ0n) is 32.3. The maximum absolute atomic E-state index is 12.6. The van der Waals surface area contributed by atoms with Crippen molar-refractivity contribution < 1.29 is 28.6 Å². The Kier molecular flexibility index (Phi) is 36.9. The third-order valence-electron chi connectivity index (χ3n) is 9.36. The monoisotopic (exact) mass is 681 g/mol. The van der Waals surface area contributed by atoms with Crippen LogP contribution in [-0.4, -0.2) is 37.2 Å². The van der Waals surface area contributed by atoms with E-state index < -0.39 is 6.10 Å². The minimum absolute atomic E-state index is 0.0641. The lowest BCUT2D eigenvalue weighted by molar-refractivity contribution is -0.167. The van der Waals surface area contributed by atoms with Crippen molar-refractivity contribution in [2.24, 2.45) is 0 Å². The van der Waals surface area contributed by atoms with Gasteiger partial charge in [-0.25, -0.2) is 0 Å². The average Bonchev–Trinajstić information content (AvgIpc) is 3.08. The first-order valence-electron chi connectivity index (χ1n) is 21.0. The van der Waals surface area contributed by atoms with Gasteiger partial charge in [0.15, 0.2) is 6.10 Å². The highest BCUT2D eigenvalue weighted by molar-refractivity contribution is 5.71. The maximum atomic E-state index is 12.6. The molecule has 0 saturated heterocycles. The van der Waals surface area contributed by atoms with Crippen LogP contribution in [0.25, 0.3) is 0 Å². The molecule has 0 amide bonds. The Balaban J connectivity index is 4.20. The van der Waals surface area contributed by atoms with Crippen LogP contribution in [0.1, 0.15) is 233 Å². The first-order valence-corrected chi connectivity index (χ1v) is 21.0. The molecule has 0 bridgehead atoms. The highest BCUT2D eigenvalue weighted by Gasteiger charge is 2.19. The van der Waals surface area contributed by atoms with Crippen molar-refractivity contribution in [2.75, 3.05) is 13.2 Å². The van der Waals surface area contributed by atoms with Crippen molar-refractivity contribution in [3.05, 3.63) is 0 Å². The second-order valence-corrected chi connectivity index (χ2v) is 14.3. The quantitative estimate of drug-likeness (QED) is 0.0367. The normalized spacial score (nSPS) is 11.8. The number of unbranched alkanes of at least 4 members (excludes halogenated alkanes) is 27. The highest BCUT2D eigenvalue weighted by Crippen LogP contribution is 2.15. The summed E-state index contributed by atoms with van der Waals surface area (Å²) >= 11 is 0. The smallest absolute Gasteiger partial charge is 0.306 e. The molecule has 0 saturated carbocycles. The van der Waals surface area contributed by atoms with Gasteiger partial charge < -0.3 is 14.2 Å².